The molecule has 1 amide bonds. The van der Waals surface area contributed by atoms with Gasteiger partial charge in [0, 0.05) is 19.8 Å². The minimum atomic E-state index is -0.598. The number of carbonyl (C=O) groups is 1. The third-order valence-electron chi connectivity index (χ3n) is 3.86. The van der Waals surface area contributed by atoms with E-state index in [2.05, 4.69) is 22.5 Å². The first kappa shape index (κ1) is 13.8. The smallest absolute Gasteiger partial charge is 0.254 e. The normalized spacial score (nSPS) is 17.2. The number of aromatic nitrogens is 1. The first-order chi connectivity index (χ1) is 9.06. The maximum absolute atomic E-state index is 13.9. The molecule has 19 heavy (non-hydrogen) atoms. The second kappa shape index (κ2) is 5.55. The van der Waals surface area contributed by atoms with Crippen molar-refractivity contribution in [3.8, 4) is 0 Å². The second-order valence-electron chi connectivity index (χ2n) is 5.47. The molecule has 1 aromatic heterocycles. The Morgan fingerprint density at radius 1 is 1.47 bits per heavy atom. The van der Waals surface area contributed by atoms with Crippen LogP contribution in [-0.4, -0.2) is 24.5 Å². The van der Waals surface area contributed by atoms with Crippen molar-refractivity contribution in [3.05, 3.63) is 23.6 Å². The van der Waals surface area contributed by atoms with Gasteiger partial charge in [-0.15, -0.1) is 0 Å². The summed E-state index contributed by atoms with van der Waals surface area (Å²) in [6, 6.07) is 1.41. The van der Waals surface area contributed by atoms with Crippen LogP contribution in [0.5, 0.6) is 0 Å². The van der Waals surface area contributed by atoms with Gasteiger partial charge in [0.1, 0.15) is 0 Å². The average molecular weight is 265 g/mol. The predicted molar refractivity (Wildman–Crippen MR) is 72.6 cm³/mol. The molecule has 1 aliphatic rings. The van der Waals surface area contributed by atoms with E-state index in [1.165, 1.54) is 25.1 Å². The number of carbonyl (C=O) groups excluding carboxylic acids is 1. The highest BCUT2D eigenvalue weighted by atomic mass is 19.1. The molecule has 0 bridgehead atoms. The van der Waals surface area contributed by atoms with Crippen LogP contribution in [0.4, 0.5) is 10.2 Å². The van der Waals surface area contributed by atoms with E-state index in [1.807, 2.05) is 0 Å². The van der Waals surface area contributed by atoms with E-state index >= 15 is 0 Å². The number of rotatable bonds is 4. The van der Waals surface area contributed by atoms with Gasteiger partial charge in [-0.3, -0.25) is 4.79 Å². The fourth-order valence-corrected chi connectivity index (χ4v) is 2.59. The third kappa shape index (κ3) is 3.03. The van der Waals surface area contributed by atoms with E-state index in [-0.39, 0.29) is 22.7 Å². The summed E-state index contributed by atoms with van der Waals surface area (Å²) in [5.74, 6) is -0.872. The van der Waals surface area contributed by atoms with Crippen molar-refractivity contribution in [2.24, 2.45) is 5.41 Å². The van der Waals surface area contributed by atoms with Crippen molar-refractivity contribution >= 4 is 11.7 Å². The molecule has 1 aliphatic carbocycles. The summed E-state index contributed by atoms with van der Waals surface area (Å²) in [6.07, 6.45) is 6.09. The molecule has 1 heterocycles. The first-order valence-corrected chi connectivity index (χ1v) is 6.66. The number of halogens is 1. The molecule has 0 aliphatic heterocycles. The van der Waals surface area contributed by atoms with Crippen molar-refractivity contribution in [2.75, 3.05) is 18.9 Å². The molecule has 1 fully saturated rings. The minimum absolute atomic E-state index is 0.0425. The Bertz CT molecular complexity index is 470. The largest absolute Gasteiger partial charge is 0.371 e. The summed E-state index contributed by atoms with van der Waals surface area (Å²) in [5, 5.41) is 5.47. The van der Waals surface area contributed by atoms with Crippen LogP contribution >= 0.6 is 0 Å². The Balaban J connectivity index is 2.04. The van der Waals surface area contributed by atoms with Crippen LogP contribution in [0, 0.1) is 11.2 Å². The highest BCUT2D eigenvalue weighted by Gasteiger charge is 2.29. The van der Waals surface area contributed by atoms with Crippen LogP contribution < -0.4 is 10.6 Å². The standard InChI is InChI=1S/C14H20FN3O/c1-14(6-3-4-7-14)9-18-13(19)10-5-8-17-12(16-2)11(10)15/h5,8H,3-4,6-7,9H2,1-2H3,(H,16,17)(H,18,19). The lowest BCUT2D eigenvalue weighted by molar-refractivity contribution is 0.0930. The SMILES string of the molecule is CNc1nccc(C(=O)NCC2(C)CCCC2)c1F. The molecule has 5 heteroatoms. The molecule has 4 nitrogen and oxygen atoms in total. The molecule has 104 valence electrons. The summed E-state index contributed by atoms with van der Waals surface area (Å²) in [6.45, 7) is 2.77. The van der Waals surface area contributed by atoms with Gasteiger partial charge in [0.25, 0.3) is 5.91 Å². The predicted octanol–water partition coefficient (Wildman–Crippen LogP) is 2.57. The molecule has 0 unspecified atom stereocenters. The molecule has 0 aromatic carbocycles. The fourth-order valence-electron chi connectivity index (χ4n) is 2.59. The van der Waals surface area contributed by atoms with Crippen molar-refractivity contribution < 1.29 is 9.18 Å². The Morgan fingerprint density at radius 2 is 2.16 bits per heavy atom. The van der Waals surface area contributed by atoms with Crippen molar-refractivity contribution in [1.29, 1.82) is 0 Å². The minimum Gasteiger partial charge on any atom is -0.371 e. The van der Waals surface area contributed by atoms with Gasteiger partial charge in [0.15, 0.2) is 11.6 Å². The summed E-state index contributed by atoms with van der Waals surface area (Å²) >= 11 is 0. The van der Waals surface area contributed by atoms with E-state index < -0.39 is 5.82 Å². The number of pyridine rings is 1. The number of nitrogens with one attached hydrogen (secondary N) is 2. The number of amides is 1. The quantitative estimate of drug-likeness (QED) is 0.879. The maximum atomic E-state index is 13.9. The lowest BCUT2D eigenvalue weighted by Crippen LogP contribution is -2.34. The zero-order chi connectivity index (χ0) is 13.9. The molecular formula is C14H20FN3O. The zero-order valence-electron chi connectivity index (χ0n) is 11.4. The van der Waals surface area contributed by atoms with Gasteiger partial charge in [-0.1, -0.05) is 19.8 Å². The van der Waals surface area contributed by atoms with Gasteiger partial charge in [-0.25, -0.2) is 9.37 Å². The Labute approximate surface area is 112 Å². The van der Waals surface area contributed by atoms with E-state index in [1.54, 1.807) is 7.05 Å². The topological polar surface area (TPSA) is 54.0 Å². The van der Waals surface area contributed by atoms with Crippen LogP contribution in [0.3, 0.4) is 0 Å². The molecular weight excluding hydrogens is 245 g/mol. The van der Waals surface area contributed by atoms with Gasteiger partial charge in [-0.05, 0) is 24.3 Å². The van der Waals surface area contributed by atoms with Crippen molar-refractivity contribution in [3.63, 3.8) is 0 Å². The fraction of sp³-hybridized carbons (Fsp3) is 0.571. The number of nitrogens with zero attached hydrogens (tertiary/aromatic N) is 1. The number of hydrogen-bond acceptors (Lipinski definition) is 3. The summed E-state index contributed by atoms with van der Waals surface area (Å²) in [5.41, 5.74) is 0.200. The van der Waals surface area contributed by atoms with Gasteiger partial charge in [0.2, 0.25) is 0 Å². The average Bonchev–Trinajstić information content (AvgIpc) is 2.84. The number of hydrogen-bond donors (Lipinski definition) is 2. The zero-order valence-corrected chi connectivity index (χ0v) is 11.4. The molecule has 0 spiro atoms. The van der Waals surface area contributed by atoms with Gasteiger partial charge in [-0.2, -0.15) is 0 Å². The van der Waals surface area contributed by atoms with E-state index in [4.69, 9.17) is 0 Å². The van der Waals surface area contributed by atoms with Crippen LogP contribution in [-0.2, 0) is 0 Å². The summed E-state index contributed by atoms with van der Waals surface area (Å²) in [4.78, 5) is 15.9. The Hall–Kier alpha value is -1.65. The molecule has 2 N–H and O–H groups in total. The molecule has 1 aromatic rings. The van der Waals surface area contributed by atoms with Gasteiger partial charge in [0.05, 0.1) is 5.56 Å². The molecule has 0 radical (unpaired) electrons. The highest BCUT2D eigenvalue weighted by molar-refractivity contribution is 5.95. The summed E-state index contributed by atoms with van der Waals surface area (Å²) in [7, 11) is 1.58. The molecule has 0 atom stereocenters. The second-order valence-corrected chi connectivity index (χ2v) is 5.47. The van der Waals surface area contributed by atoms with Crippen LogP contribution in [0.2, 0.25) is 0 Å². The van der Waals surface area contributed by atoms with Crippen LogP contribution in [0.15, 0.2) is 12.3 Å². The maximum Gasteiger partial charge on any atom is 0.254 e. The number of anilines is 1. The van der Waals surface area contributed by atoms with Gasteiger partial charge >= 0.3 is 0 Å². The van der Waals surface area contributed by atoms with Gasteiger partial charge < -0.3 is 10.6 Å². The Morgan fingerprint density at radius 3 is 2.79 bits per heavy atom. The van der Waals surface area contributed by atoms with E-state index in [9.17, 15) is 9.18 Å². The van der Waals surface area contributed by atoms with Crippen molar-refractivity contribution in [1.82, 2.24) is 10.3 Å². The first-order valence-electron chi connectivity index (χ1n) is 6.66. The lowest BCUT2D eigenvalue weighted by Gasteiger charge is -2.23. The lowest BCUT2D eigenvalue weighted by atomic mass is 9.89. The molecule has 0 saturated heterocycles. The molecule has 1 saturated carbocycles. The monoisotopic (exact) mass is 265 g/mol. The van der Waals surface area contributed by atoms with Crippen LogP contribution in [0.25, 0.3) is 0 Å². The highest BCUT2D eigenvalue weighted by Crippen LogP contribution is 2.36. The van der Waals surface area contributed by atoms with Crippen molar-refractivity contribution in [2.45, 2.75) is 32.6 Å². The summed E-state index contributed by atoms with van der Waals surface area (Å²) < 4.78 is 13.9. The van der Waals surface area contributed by atoms with E-state index in [0.717, 1.165) is 12.8 Å². The Kier molecular flexibility index (Phi) is 4.02. The van der Waals surface area contributed by atoms with Crippen LogP contribution in [0.1, 0.15) is 43.0 Å². The van der Waals surface area contributed by atoms with E-state index in [0.29, 0.717) is 6.54 Å². The molecule has 2 rings (SSSR count). The third-order valence-corrected chi connectivity index (χ3v) is 3.86.